The first-order valence-electron chi connectivity index (χ1n) is 6.35. The van der Waals surface area contributed by atoms with Crippen molar-refractivity contribution in [3.63, 3.8) is 0 Å². The van der Waals surface area contributed by atoms with Crippen molar-refractivity contribution in [2.24, 2.45) is 0 Å². The molecule has 0 radical (unpaired) electrons. The summed E-state index contributed by atoms with van der Waals surface area (Å²) >= 11 is 9.96. The zero-order valence-electron chi connectivity index (χ0n) is 11.7. The Kier molecular flexibility index (Phi) is 5.48. The second-order valence-electron chi connectivity index (χ2n) is 4.53. The van der Waals surface area contributed by atoms with Crippen LogP contribution in [-0.4, -0.2) is 14.2 Å². The van der Waals surface area contributed by atoms with Crippen molar-refractivity contribution in [1.82, 2.24) is 0 Å². The summed E-state index contributed by atoms with van der Waals surface area (Å²) in [5.74, 6) is 0.978. The highest BCUT2D eigenvalue weighted by Crippen LogP contribution is 2.39. The molecule has 0 heterocycles. The first-order valence-corrected chi connectivity index (χ1v) is 7.58. The van der Waals surface area contributed by atoms with Crippen LogP contribution in [0, 0.1) is 5.82 Å². The van der Waals surface area contributed by atoms with Crippen molar-refractivity contribution in [2.45, 2.75) is 11.8 Å². The molecule has 21 heavy (non-hydrogen) atoms. The molecule has 2 rings (SSSR count). The molecule has 0 amide bonds. The van der Waals surface area contributed by atoms with Crippen LogP contribution in [0.15, 0.2) is 40.9 Å². The Morgan fingerprint density at radius 3 is 2.43 bits per heavy atom. The number of methoxy groups -OCH3 is 2. The fraction of sp³-hybridized carbons (Fsp3) is 0.250. The van der Waals surface area contributed by atoms with Gasteiger partial charge >= 0.3 is 0 Å². The van der Waals surface area contributed by atoms with Crippen molar-refractivity contribution >= 4 is 27.5 Å². The maximum Gasteiger partial charge on any atom is 0.161 e. The maximum absolute atomic E-state index is 13.2. The van der Waals surface area contributed by atoms with E-state index in [0.29, 0.717) is 17.9 Å². The number of hydrogen-bond acceptors (Lipinski definition) is 2. The zero-order chi connectivity index (χ0) is 15.4. The summed E-state index contributed by atoms with van der Waals surface area (Å²) in [6.45, 7) is 0. The fourth-order valence-corrected chi connectivity index (χ4v) is 3.18. The van der Waals surface area contributed by atoms with E-state index in [9.17, 15) is 4.39 Å². The van der Waals surface area contributed by atoms with Gasteiger partial charge in [0.1, 0.15) is 5.82 Å². The van der Waals surface area contributed by atoms with E-state index in [-0.39, 0.29) is 11.2 Å². The topological polar surface area (TPSA) is 18.5 Å². The molecule has 0 aliphatic rings. The zero-order valence-corrected chi connectivity index (χ0v) is 14.0. The highest BCUT2D eigenvalue weighted by Gasteiger charge is 2.17. The van der Waals surface area contributed by atoms with Crippen LogP contribution in [-0.2, 0) is 6.42 Å². The summed E-state index contributed by atoms with van der Waals surface area (Å²) in [6.07, 6.45) is 0.521. The third-order valence-corrected chi connectivity index (χ3v) is 4.22. The third kappa shape index (κ3) is 3.89. The Labute approximate surface area is 137 Å². The van der Waals surface area contributed by atoms with E-state index >= 15 is 0 Å². The summed E-state index contributed by atoms with van der Waals surface area (Å²) < 4.78 is 24.6. The lowest BCUT2D eigenvalue weighted by Crippen LogP contribution is -2.00. The quantitative estimate of drug-likeness (QED) is 0.677. The highest BCUT2D eigenvalue weighted by atomic mass is 79.9. The van der Waals surface area contributed by atoms with Crippen molar-refractivity contribution < 1.29 is 13.9 Å². The van der Waals surface area contributed by atoms with Gasteiger partial charge < -0.3 is 9.47 Å². The summed E-state index contributed by atoms with van der Waals surface area (Å²) in [5.41, 5.74) is 1.72. The standard InChI is InChI=1S/C16H15BrClFO2/c1-20-15-8-12(13(17)9-16(15)21-2)14(18)7-10-4-3-5-11(19)6-10/h3-6,8-9,14H,7H2,1-2H3. The number of halogens is 3. The molecule has 112 valence electrons. The van der Waals surface area contributed by atoms with Crippen LogP contribution in [0.1, 0.15) is 16.5 Å². The van der Waals surface area contributed by atoms with Gasteiger partial charge in [-0.3, -0.25) is 0 Å². The number of benzene rings is 2. The molecule has 2 aromatic rings. The Morgan fingerprint density at radius 2 is 1.81 bits per heavy atom. The van der Waals surface area contributed by atoms with Gasteiger partial charge in [0.2, 0.25) is 0 Å². The number of hydrogen-bond donors (Lipinski definition) is 0. The van der Waals surface area contributed by atoms with Gasteiger partial charge in [-0.05, 0) is 41.8 Å². The summed E-state index contributed by atoms with van der Waals surface area (Å²) in [5, 5.41) is -0.305. The van der Waals surface area contributed by atoms with E-state index in [1.807, 2.05) is 18.2 Å². The number of rotatable bonds is 5. The molecule has 0 saturated carbocycles. The molecule has 1 atom stereocenters. The monoisotopic (exact) mass is 372 g/mol. The summed E-state index contributed by atoms with van der Waals surface area (Å²) in [7, 11) is 3.15. The van der Waals surface area contributed by atoms with Gasteiger partial charge in [0, 0.05) is 4.47 Å². The summed E-state index contributed by atoms with van der Waals surface area (Å²) in [4.78, 5) is 0. The molecule has 0 bridgehead atoms. The van der Waals surface area contributed by atoms with Gasteiger partial charge in [0.25, 0.3) is 0 Å². The van der Waals surface area contributed by atoms with Crippen molar-refractivity contribution in [3.8, 4) is 11.5 Å². The van der Waals surface area contributed by atoms with Crippen LogP contribution in [0.25, 0.3) is 0 Å². The van der Waals surface area contributed by atoms with Gasteiger partial charge in [0.15, 0.2) is 11.5 Å². The minimum atomic E-state index is -0.305. The van der Waals surface area contributed by atoms with Crippen molar-refractivity contribution in [2.75, 3.05) is 14.2 Å². The van der Waals surface area contributed by atoms with Crippen LogP contribution in [0.2, 0.25) is 0 Å². The molecule has 1 unspecified atom stereocenters. The first-order chi connectivity index (χ1) is 10.0. The molecule has 0 aliphatic carbocycles. The van der Waals surface area contributed by atoms with E-state index in [1.54, 1.807) is 20.3 Å². The third-order valence-electron chi connectivity index (χ3n) is 3.14. The van der Waals surface area contributed by atoms with Gasteiger partial charge in [-0.2, -0.15) is 0 Å². The first kappa shape index (κ1) is 16.1. The predicted molar refractivity (Wildman–Crippen MR) is 85.9 cm³/mol. The van der Waals surface area contributed by atoms with E-state index in [0.717, 1.165) is 15.6 Å². The molecule has 2 aromatic carbocycles. The average molecular weight is 374 g/mol. The average Bonchev–Trinajstić information content (AvgIpc) is 2.46. The van der Waals surface area contributed by atoms with Gasteiger partial charge in [-0.15, -0.1) is 11.6 Å². The molecule has 0 saturated heterocycles. The van der Waals surface area contributed by atoms with Gasteiger partial charge in [-0.25, -0.2) is 4.39 Å². The van der Waals surface area contributed by atoms with Crippen molar-refractivity contribution in [1.29, 1.82) is 0 Å². The Balaban J connectivity index is 2.28. The number of alkyl halides is 1. The van der Waals surface area contributed by atoms with Crippen LogP contribution >= 0.6 is 27.5 Å². The maximum atomic E-state index is 13.2. The summed E-state index contributed by atoms with van der Waals surface area (Å²) in [6, 6.07) is 10.1. The molecule has 0 spiro atoms. The Bertz CT molecular complexity index is 634. The lowest BCUT2D eigenvalue weighted by atomic mass is 10.0. The van der Waals surface area contributed by atoms with Crippen LogP contribution in [0.5, 0.6) is 11.5 Å². The second-order valence-corrected chi connectivity index (χ2v) is 5.91. The minimum Gasteiger partial charge on any atom is -0.493 e. The lowest BCUT2D eigenvalue weighted by Gasteiger charge is -2.16. The van der Waals surface area contributed by atoms with Gasteiger partial charge in [0.05, 0.1) is 19.6 Å². The fourth-order valence-electron chi connectivity index (χ4n) is 2.09. The van der Waals surface area contributed by atoms with Crippen molar-refractivity contribution in [3.05, 3.63) is 57.8 Å². The highest BCUT2D eigenvalue weighted by molar-refractivity contribution is 9.10. The second kappa shape index (κ2) is 7.14. The van der Waals surface area contributed by atoms with E-state index in [4.69, 9.17) is 21.1 Å². The smallest absolute Gasteiger partial charge is 0.161 e. The molecule has 0 aromatic heterocycles. The van der Waals surface area contributed by atoms with Crippen LogP contribution in [0.4, 0.5) is 4.39 Å². The van der Waals surface area contributed by atoms with Crippen LogP contribution < -0.4 is 9.47 Å². The van der Waals surface area contributed by atoms with Gasteiger partial charge in [-0.1, -0.05) is 28.1 Å². The molecular formula is C16H15BrClFO2. The molecule has 0 N–H and O–H groups in total. The normalized spacial score (nSPS) is 12.0. The Hall–Kier alpha value is -1.26. The van der Waals surface area contributed by atoms with E-state index in [1.165, 1.54) is 12.1 Å². The van der Waals surface area contributed by atoms with Crippen LogP contribution in [0.3, 0.4) is 0 Å². The molecule has 5 heteroatoms. The minimum absolute atomic E-state index is 0.261. The predicted octanol–water partition coefficient (Wildman–Crippen LogP) is 5.13. The molecular weight excluding hydrogens is 359 g/mol. The molecule has 2 nitrogen and oxygen atoms in total. The molecule has 0 aliphatic heterocycles. The van der Waals surface area contributed by atoms with E-state index in [2.05, 4.69) is 15.9 Å². The van der Waals surface area contributed by atoms with E-state index < -0.39 is 0 Å². The Morgan fingerprint density at radius 1 is 1.14 bits per heavy atom. The largest absolute Gasteiger partial charge is 0.493 e. The SMILES string of the molecule is COc1cc(Br)c(C(Cl)Cc2cccc(F)c2)cc1OC. The number of ether oxygens (including phenoxy) is 2. The molecule has 0 fully saturated rings. The lowest BCUT2D eigenvalue weighted by molar-refractivity contribution is 0.354.